The predicted octanol–water partition coefficient (Wildman–Crippen LogP) is 5.43. The standard InChI is InChI=1S/C28H28N4O2/c1-18(2)17-29-22-16-23(32-14-12-31(13-15-32)19-8-4-3-5-9-19)26-25-24(22)27(33)20-10-6-7-11-21(20)28(25)34-30-26/h3-11,16,18,29H,12-15,17H2,1-2H3. The number of nitrogens with one attached hydrogen (secondary N) is 1. The second kappa shape index (κ2) is 8.20. The number of aromatic nitrogens is 1. The van der Waals surface area contributed by atoms with E-state index in [9.17, 15) is 4.79 Å². The van der Waals surface area contributed by atoms with Crippen LogP contribution >= 0.6 is 0 Å². The molecule has 0 unspecified atom stereocenters. The molecule has 0 spiro atoms. The van der Waals surface area contributed by atoms with Crippen LogP contribution in [0, 0.1) is 5.92 Å². The molecule has 0 radical (unpaired) electrons. The van der Waals surface area contributed by atoms with E-state index in [1.807, 2.05) is 24.3 Å². The van der Waals surface area contributed by atoms with Gasteiger partial charge in [-0.15, -0.1) is 0 Å². The minimum atomic E-state index is 0.0306. The Kier molecular flexibility index (Phi) is 5.01. The molecule has 1 fully saturated rings. The number of piperazine rings is 1. The van der Waals surface area contributed by atoms with Crippen LogP contribution in [0.15, 0.2) is 65.2 Å². The number of anilines is 3. The summed E-state index contributed by atoms with van der Waals surface area (Å²) in [6.07, 6.45) is 0. The summed E-state index contributed by atoms with van der Waals surface area (Å²) in [5.74, 6) is 1.18. The molecular weight excluding hydrogens is 424 g/mol. The molecule has 172 valence electrons. The maximum atomic E-state index is 13.6. The number of benzene rings is 3. The van der Waals surface area contributed by atoms with E-state index in [0.717, 1.165) is 60.6 Å². The monoisotopic (exact) mass is 452 g/mol. The van der Waals surface area contributed by atoms with Crippen molar-refractivity contribution in [2.75, 3.05) is 47.8 Å². The van der Waals surface area contributed by atoms with Crippen LogP contribution in [0.25, 0.3) is 22.2 Å². The van der Waals surface area contributed by atoms with Gasteiger partial charge in [0.1, 0.15) is 5.52 Å². The highest BCUT2D eigenvalue weighted by Crippen LogP contribution is 2.46. The Hall–Kier alpha value is -3.80. The number of hydrogen-bond donors (Lipinski definition) is 1. The van der Waals surface area contributed by atoms with Gasteiger partial charge in [0.05, 0.1) is 16.6 Å². The molecule has 3 aromatic carbocycles. The van der Waals surface area contributed by atoms with Crippen molar-refractivity contribution in [3.8, 4) is 11.3 Å². The first-order chi connectivity index (χ1) is 16.6. The van der Waals surface area contributed by atoms with Gasteiger partial charge in [-0.05, 0) is 24.1 Å². The summed E-state index contributed by atoms with van der Waals surface area (Å²) >= 11 is 0. The Morgan fingerprint density at radius 2 is 1.62 bits per heavy atom. The quantitative estimate of drug-likeness (QED) is 0.383. The largest absolute Gasteiger partial charge is 0.384 e. The zero-order chi connectivity index (χ0) is 23.2. The lowest BCUT2D eigenvalue weighted by Gasteiger charge is -2.37. The maximum absolute atomic E-state index is 13.6. The lowest BCUT2D eigenvalue weighted by Crippen LogP contribution is -2.46. The van der Waals surface area contributed by atoms with Gasteiger partial charge in [-0.25, -0.2) is 0 Å². The lowest BCUT2D eigenvalue weighted by molar-refractivity contribution is 0.104. The van der Waals surface area contributed by atoms with Gasteiger partial charge in [0.15, 0.2) is 11.5 Å². The third-order valence-corrected chi connectivity index (χ3v) is 6.82. The fraction of sp³-hybridized carbons (Fsp3) is 0.286. The Morgan fingerprint density at radius 1 is 0.941 bits per heavy atom. The fourth-order valence-corrected chi connectivity index (χ4v) is 5.08. The van der Waals surface area contributed by atoms with Crippen LogP contribution in [0.5, 0.6) is 0 Å². The molecule has 1 aromatic heterocycles. The second-order valence-corrected chi connectivity index (χ2v) is 9.51. The third kappa shape index (κ3) is 3.33. The summed E-state index contributed by atoms with van der Waals surface area (Å²) in [6.45, 7) is 8.73. The number of rotatable bonds is 5. The normalized spacial score (nSPS) is 15.2. The van der Waals surface area contributed by atoms with Crippen LogP contribution in [-0.4, -0.2) is 43.7 Å². The number of carbonyl (C=O) groups is 1. The number of ketones is 1. The number of fused-ring (bicyclic) bond motifs is 2. The number of para-hydroxylation sites is 1. The third-order valence-electron chi connectivity index (χ3n) is 6.82. The van der Waals surface area contributed by atoms with Gasteiger partial charge in [0.2, 0.25) is 0 Å². The molecule has 0 amide bonds. The Morgan fingerprint density at radius 3 is 2.35 bits per heavy atom. The molecule has 34 heavy (non-hydrogen) atoms. The van der Waals surface area contributed by atoms with Crippen molar-refractivity contribution < 1.29 is 9.32 Å². The summed E-state index contributed by atoms with van der Waals surface area (Å²) in [5.41, 5.74) is 6.09. The van der Waals surface area contributed by atoms with Crippen molar-refractivity contribution in [1.82, 2.24) is 5.16 Å². The van der Waals surface area contributed by atoms with Gasteiger partial charge in [-0.1, -0.05) is 61.5 Å². The molecule has 6 heteroatoms. The highest BCUT2D eigenvalue weighted by atomic mass is 16.5. The molecule has 2 heterocycles. The molecular formula is C28H28N4O2. The molecule has 6 rings (SSSR count). The number of carbonyl (C=O) groups excluding carboxylic acids is 1. The van der Waals surface area contributed by atoms with Crippen molar-refractivity contribution in [3.63, 3.8) is 0 Å². The van der Waals surface area contributed by atoms with Gasteiger partial charge in [-0.3, -0.25) is 4.79 Å². The Bertz CT molecular complexity index is 1370. The predicted molar refractivity (Wildman–Crippen MR) is 137 cm³/mol. The van der Waals surface area contributed by atoms with E-state index in [1.165, 1.54) is 5.69 Å². The molecule has 1 N–H and O–H groups in total. The van der Waals surface area contributed by atoms with Gasteiger partial charge < -0.3 is 19.6 Å². The van der Waals surface area contributed by atoms with E-state index in [1.54, 1.807) is 0 Å². The van der Waals surface area contributed by atoms with Crippen molar-refractivity contribution in [2.45, 2.75) is 13.8 Å². The second-order valence-electron chi connectivity index (χ2n) is 9.51. The van der Waals surface area contributed by atoms with Crippen molar-refractivity contribution in [2.24, 2.45) is 5.92 Å². The minimum absolute atomic E-state index is 0.0306. The highest BCUT2D eigenvalue weighted by Gasteiger charge is 2.34. The summed E-state index contributed by atoms with van der Waals surface area (Å²) < 4.78 is 5.91. The highest BCUT2D eigenvalue weighted by molar-refractivity contribution is 6.28. The molecule has 0 saturated carbocycles. The maximum Gasteiger partial charge on any atom is 0.196 e. The summed E-state index contributed by atoms with van der Waals surface area (Å²) in [5, 5.41) is 8.89. The zero-order valence-electron chi connectivity index (χ0n) is 19.5. The Balaban J connectivity index is 1.43. The van der Waals surface area contributed by atoms with Crippen molar-refractivity contribution >= 4 is 33.7 Å². The smallest absolute Gasteiger partial charge is 0.196 e. The van der Waals surface area contributed by atoms with Crippen molar-refractivity contribution in [3.05, 3.63) is 71.8 Å². The summed E-state index contributed by atoms with van der Waals surface area (Å²) in [6, 6.07) is 20.3. The van der Waals surface area contributed by atoms with Crippen LogP contribution in [0.2, 0.25) is 0 Å². The first-order valence-corrected chi connectivity index (χ1v) is 12.0. The average Bonchev–Trinajstić information content (AvgIpc) is 3.32. The molecule has 1 saturated heterocycles. The zero-order valence-corrected chi connectivity index (χ0v) is 19.5. The van der Waals surface area contributed by atoms with Crippen LogP contribution in [-0.2, 0) is 0 Å². The fourth-order valence-electron chi connectivity index (χ4n) is 5.08. The molecule has 1 aliphatic heterocycles. The van der Waals surface area contributed by atoms with E-state index in [4.69, 9.17) is 4.52 Å². The molecule has 0 atom stereocenters. The van der Waals surface area contributed by atoms with Crippen LogP contribution in [0.3, 0.4) is 0 Å². The van der Waals surface area contributed by atoms with E-state index < -0.39 is 0 Å². The molecule has 6 nitrogen and oxygen atoms in total. The van der Waals surface area contributed by atoms with Gasteiger partial charge in [0, 0.05) is 55.2 Å². The first-order valence-electron chi connectivity index (χ1n) is 12.0. The van der Waals surface area contributed by atoms with Crippen LogP contribution in [0.1, 0.15) is 29.8 Å². The SMILES string of the molecule is CC(C)CNc1cc(N2CCN(c3ccccc3)CC2)c2noc3c2c1C(=O)c1ccccc1-3. The first kappa shape index (κ1) is 20.8. The van der Waals surface area contributed by atoms with Crippen LogP contribution < -0.4 is 15.1 Å². The van der Waals surface area contributed by atoms with Crippen LogP contribution in [0.4, 0.5) is 17.1 Å². The molecule has 0 bridgehead atoms. The number of hydrogen-bond acceptors (Lipinski definition) is 6. The van der Waals surface area contributed by atoms with E-state index in [0.29, 0.717) is 22.8 Å². The molecule has 2 aliphatic rings. The van der Waals surface area contributed by atoms with Gasteiger partial charge >= 0.3 is 0 Å². The molecule has 1 aliphatic carbocycles. The summed E-state index contributed by atoms with van der Waals surface area (Å²) in [4.78, 5) is 18.4. The van der Waals surface area contributed by atoms with E-state index in [-0.39, 0.29) is 5.78 Å². The average molecular weight is 453 g/mol. The Labute approximate surface area is 199 Å². The van der Waals surface area contributed by atoms with E-state index in [2.05, 4.69) is 70.5 Å². The minimum Gasteiger partial charge on any atom is -0.384 e. The van der Waals surface area contributed by atoms with E-state index >= 15 is 0 Å². The topological polar surface area (TPSA) is 61.6 Å². The van der Waals surface area contributed by atoms with Gasteiger partial charge in [0.25, 0.3) is 0 Å². The van der Waals surface area contributed by atoms with Gasteiger partial charge in [-0.2, -0.15) is 0 Å². The molecule has 4 aromatic rings. The van der Waals surface area contributed by atoms with Crippen molar-refractivity contribution in [1.29, 1.82) is 0 Å². The summed E-state index contributed by atoms with van der Waals surface area (Å²) in [7, 11) is 0. The number of nitrogens with zero attached hydrogens (tertiary/aromatic N) is 3. The lowest BCUT2D eigenvalue weighted by atomic mass is 9.86.